The van der Waals surface area contributed by atoms with Crippen LogP contribution in [0.15, 0.2) is 54.7 Å². The van der Waals surface area contributed by atoms with Crippen LogP contribution in [0.4, 0.5) is 5.95 Å². The number of hydrogen-bond donors (Lipinski definition) is 0. The molecular formula is C21H21N3O. The molecule has 0 bridgehead atoms. The summed E-state index contributed by atoms with van der Waals surface area (Å²) in [6.45, 7) is 1.99. The van der Waals surface area contributed by atoms with Crippen LogP contribution < -0.4 is 4.90 Å². The Hall–Kier alpha value is -2.75. The van der Waals surface area contributed by atoms with E-state index in [9.17, 15) is 4.79 Å². The lowest BCUT2D eigenvalue weighted by Crippen LogP contribution is -2.35. The highest BCUT2D eigenvalue weighted by molar-refractivity contribution is 5.86. The van der Waals surface area contributed by atoms with Gasteiger partial charge in [0.2, 0.25) is 5.95 Å². The zero-order chi connectivity index (χ0) is 17.1. The van der Waals surface area contributed by atoms with Crippen molar-refractivity contribution in [1.29, 1.82) is 0 Å². The molecule has 0 amide bonds. The van der Waals surface area contributed by atoms with Crippen LogP contribution in [0.5, 0.6) is 0 Å². The molecule has 4 nitrogen and oxygen atoms in total. The summed E-state index contributed by atoms with van der Waals surface area (Å²) in [6, 6.07) is 16.3. The molecule has 1 aromatic heterocycles. The number of carbonyl (C=O) groups excluding carboxylic acids is 1. The number of rotatable bonds is 4. The highest BCUT2D eigenvalue weighted by Gasteiger charge is 2.21. The van der Waals surface area contributed by atoms with Gasteiger partial charge in [0.25, 0.3) is 0 Å². The van der Waals surface area contributed by atoms with E-state index in [2.05, 4.69) is 45.2 Å². The molecule has 1 saturated heterocycles. The van der Waals surface area contributed by atoms with E-state index in [0.717, 1.165) is 48.6 Å². The number of carbonyl (C=O) groups is 1. The first-order valence-corrected chi connectivity index (χ1v) is 8.83. The third-order valence-corrected chi connectivity index (χ3v) is 4.99. The fourth-order valence-electron chi connectivity index (χ4n) is 3.55. The van der Waals surface area contributed by atoms with Gasteiger partial charge in [0.1, 0.15) is 6.29 Å². The minimum atomic E-state index is 0.658. The first kappa shape index (κ1) is 15.8. The van der Waals surface area contributed by atoms with Crippen LogP contribution in [-0.4, -0.2) is 29.3 Å². The topological polar surface area (TPSA) is 46.1 Å². The maximum Gasteiger partial charge on any atom is 0.225 e. The summed E-state index contributed by atoms with van der Waals surface area (Å²) in [4.78, 5) is 22.3. The molecule has 1 fully saturated rings. The maximum absolute atomic E-state index is 10.9. The molecular weight excluding hydrogens is 310 g/mol. The largest absolute Gasteiger partial charge is 0.341 e. The third kappa shape index (κ3) is 3.53. The summed E-state index contributed by atoms with van der Waals surface area (Å²) in [5.74, 6) is 1.53. The van der Waals surface area contributed by atoms with E-state index >= 15 is 0 Å². The summed E-state index contributed by atoms with van der Waals surface area (Å²) in [5, 5.41) is 0.910. The Morgan fingerprint density at radius 3 is 2.64 bits per heavy atom. The Balaban J connectivity index is 1.43. The van der Waals surface area contributed by atoms with Gasteiger partial charge in [-0.3, -0.25) is 4.79 Å². The molecule has 0 atom stereocenters. The number of hydrogen-bond acceptors (Lipinski definition) is 4. The molecule has 0 unspecified atom stereocenters. The van der Waals surface area contributed by atoms with Crippen molar-refractivity contribution in [2.24, 2.45) is 5.92 Å². The number of fused-ring (bicyclic) bond motifs is 1. The SMILES string of the molecule is O=Cc1ccc2nc(N3CCC(Cc4ccccc4)CC3)ncc2c1. The highest BCUT2D eigenvalue weighted by atomic mass is 16.1. The minimum Gasteiger partial charge on any atom is -0.341 e. The zero-order valence-corrected chi connectivity index (χ0v) is 14.1. The Morgan fingerprint density at radius 2 is 1.88 bits per heavy atom. The molecule has 0 radical (unpaired) electrons. The highest BCUT2D eigenvalue weighted by Crippen LogP contribution is 2.25. The van der Waals surface area contributed by atoms with Crippen LogP contribution in [-0.2, 0) is 6.42 Å². The molecule has 2 heterocycles. The molecule has 0 N–H and O–H groups in total. The summed E-state index contributed by atoms with van der Waals surface area (Å²) >= 11 is 0. The molecule has 126 valence electrons. The average molecular weight is 331 g/mol. The van der Waals surface area contributed by atoms with E-state index in [4.69, 9.17) is 0 Å². The molecule has 1 aliphatic rings. The van der Waals surface area contributed by atoms with Gasteiger partial charge in [-0.15, -0.1) is 0 Å². The molecule has 0 aliphatic carbocycles. The van der Waals surface area contributed by atoms with Gasteiger partial charge in [0.05, 0.1) is 5.52 Å². The first-order valence-electron chi connectivity index (χ1n) is 8.83. The molecule has 0 spiro atoms. The molecule has 0 saturated carbocycles. The smallest absolute Gasteiger partial charge is 0.225 e. The number of benzene rings is 2. The van der Waals surface area contributed by atoms with Crippen molar-refractivity contribution in [3.05, 3.63) is 65.9 Å². The molecule has 3 aromatic rings. The Kier molecular flexibility index (Phi) is 4.42. The normalized spacial score (nSPS) is 15.4. The number of aldehydes is 1. The van der Waals surface area contributed by atoms with Crippen molar-refractivity contribution in [3.8, 4) is 0 Å². The van der Waals surface area contributed by atoms with Crippen LogP contribution in [0.2, 0.25) is 0 Å². The summed E-state index contributed by atoms with van der Waals surface area (Å²) in [7, 11) is 0. The van der Waals surface area contributed by atoms with E-state index in [1.54, 1.807) is 6.07 Å². The minimum absolute atomic E-state index is 0.658. The van der Waals surface area contributed by atoms with E-state index in [1.807, 2.05) is 18.3 Å². The second-order valence-electron chi connectivity index (χ2n) is 6.73. The molecule has 1 aliphatic heterocycles. The van der Waals surface area contributed by atoms with Gasteiger partial charge >= 0.3 is 0 Å². The van der Waals surface area contributed by atoms with Crippen LogP contribution >= 0.6 is 0 Å². The summed E-state index contributed by atoms with van der Waals surface area (Å²) in [6.07, 6.45) is 6.16. The van der Waals surface area contributed by atoms with Crippen molar-refractivity contribution in [1.82, 2.24) is 9.97 Å². The number of piperidine rings is 1. The standard InChI is InChI=1S/C21H21N3O/c25-15-18-6-7-20-19(13-18)14-22-21(23-20)24-10-8-17(9-11-24)12-16-4-2-1-3-5-16/h1-7,13-15,17H,8-12H2. The van der Waals surface area contributed by atoms with Crippen LogP contribution in [0.25, 0.3) is 10.9 Å². The average Bonchev–Trinajstić information content (AvgIpc) is 2.68. The monoisotopic (exact) mass is 331 g/mol. The molecule has 4 rings (SSSR count). The molecule has 4 heteroatoms. The van der Waals surface area contributed by atoms with Gasteiger partial charge in [-0.05, 0) is 48.9 Å². The number of aromatic nitrogens is 2. The van der Waals surface area contributed by atoms with Crippen molar-refractivity contribution < 1.29 is 4.79 Å². The van der Waals surface area contributed by atoms with Crippen molar-refractivity contribution in [2.75, 3.05) is 18.0 Å². The maximum atomic E-state index is 10.9. The fraction of sp³-hybridized carbons (Fsp3) is 0.286. The van der Waals surface area contributed by atoms with Gasteiger partial charge in [0, 0.05) is 30.2 Å². The second kappa shape index (κ2) is 7.01. The predicted octanol–water partition coefficient (Wildman–Crippen LogP) is 3.90. The van der Waals surface area contributed by atoms with Gasteiger partial charge in [0.15, 0.2) is 0 Å². The van der Waals surface area contributed by atoms with Gasteiger partial charge in [-0.2, -0.15) is 0 Å². The first-order chi connectivity index (χ1) is 12.3. The van der Waals surface area contributed by atoms with Crippen molar-refractivity contribution in [2.45, 2.75) is 19.3 Å². The Morgan fingerprint density at radius 1 is 1.08 bits per heavy atom. The van der Waals surface area contributed by atoms with Crippen molar-refractivity contribution >= 4 is 23.1 Å². The van der Waals surface area contributed by atoms with E-state index in [-0.39, 0.29) is 0 Å². The summed E-state index contributed by atoms with van der Waals surface area (Å²) < 4.78 is 0. The lowest BCUT2D eigenvalue weighted by Gasteiger charge is -2.32. The van der Waals surface area contributed by atoms with E-state index in [1.165, 1.54) is 18.4 Å². The zero-order valence-electron chi connectivity index (χ0n) is 14.1. The lowest BCUT2D eigenvalue weighted by atomic mass is 9.90. The van der Waals surface area contributed by atoms with E-state index in [0.29, 0.717) is 5.56 Å². The lowest BCUT2D eigenvalue weighted by molar-refractivity contribution is 0.112. The fourth-order valence-corrected chi connectivity index (χ4v) is 3.55. The third-order valence-electron chi connectivity index (χ3n) is 4.99. The number of nitrogens with zero attached hydrogens (tertiary/aromatic N) is 3. The number of anilines is 1. The Labute approximate surface area is 147 Å². The van der Waals surface area contributed by atoms with Gasteiger partial charge in [-0.25, -0.2) is 9.97 Å². The molecule has 2 aromatic carbocycles. The Bertz CT molecular complexity index is 871. The molecule has 25 heavy (non-hydrogen) atoms. The van der Waals surface area contributed by atoms with Crippen molar-refractivity contribution in [3.63, 3.8) is 0 Å². The van der Waals surface area contributed by atoms with Gasteiger partial charge < -0.3 is 4.90 Å². The van der Waals surface area contributed by atoms with E-state index < -0.39 is 0 Å². The van der Waals surface area contributed by atoms with Gasteiger partial charge in [-0.1, -0.05) is 30.3 Å². The second-order valence-corrected chi connectivity index (χ2v) is 6.73. The van der Waals surface area contributed by atoms with Crippen LogP contribution in [0.3, 0.4) is 0 Å². The van der Waals surface area contributed by atoms with Crippen LogP contribution in [0, 0.1) is 5.92 Å². The van der Waals surface area contributed by atoms with Crippen LogP contribution in [0.1, 0.15) is 28.8 Å². The quantitative estimate of drug-likeness (QED) is 0.680. The predicted molar refractivity (Wildman–Crippen MR) is 100 cm³/mol. The summed E-state index contributed by atoms with van der Waals surface area (Å²) in [5.41, 5.74) is 2.97.